The molecule has 0 spiro atoms. The smallest absolute Gasteiger partial charge is 0.230 e. The molecule has 4 atom stereocenters. The number of hydrogen-bond donors (Lipinski definition) is 0. The van der Waals surface area contributed by atoms with Crippen LogP contribution in [0.15, 0.2) is 60.9 Å². The largest absolute Gasteiger partial charge is 0.343 e. The summed E-state index contributed by atoms with van der Waals surface area (Å²) in [5.74, 6) is -0.126. The van der Waals surface area contributed by atoms with Crippen LogP contribution in [0.4, 0.5) is 8.78 Å². The number of benzene rings is 2. The van der Waals surface area contributed by atoms with E-state index in [-0.39, 0.29) is 54.2 Å². The first-order valence-corrected chi connectivity index (χ1v) is 22.5. The van der Waals surface area contributed by atoms with Crippen LogP contribution < -0.4 is 0 Å². The van der Waals surface area contributed by atoms with Crippen molar-refractivity contribution in [2.75, 3.05) is 65.7 Å². The fourth-order valence-corrected chi connectivity index (χ4v) is 10.3. The van der Waals surface area contributed by atoms with E-state index in [1.54, 1.807) is 9.13 Å². The SMILES string of the molecule is CCC(=O)n1cc2c3c(cccc31)C1=CC(C(=O)N(CC)CC)CN(CCCF)C1C2.CCC(=O)n1cc2c3c(cccc31)C1=CC(C(=O)N(CC)CC)CN(CCF)[C@@H]1C2. The predicted molar refractivity (Wildman–Crippen MR) is 239 cm³/mol. The van der Waals surface area contributed by atoms with E-state index in [1.807, 2.05) is 88.0 Å². The molecule has 12 heteroatoms. The Morgan fingerprint density at radius 1 is 0.607 bits per heavy atom. The lowest BCUT2D eigenvalue weighted by Crippen LogP contribution is -2.49. The van der Waals surface area contributed by atoms with Crippen molar-refractivity contribution < 1.29 is 28.0 Å². The maximum atomic E-state index is 13.4. The first-order valence-electron chi connectivity index (χ1n) is 22.5. The minimum Gasteiger partial charge on any atom is -0.343 e. The third-order valence-electron chi connectivity index (χ3n) is 13.4. The van der Waals surface area contributed by atoms with Crippen molar-refractivity contribution in [3.63, 3.8) is 0 Å². The standard InChI is InChI=1S/C25H32FN3O2.C24H30FN3O2/c1-4-23(30)29-16-17-14-22-20(19-9-7-10-21(29)24(17)19)13-18(15-28(22)12-8-11-26)25(31)27(5-2)6-3;1-4-22(29)28-15-16-13-21-19(18-8-7-9-20(28)23(16)18)12-17(14-27(21)11-10-25)24(30)26(5-2)6-3/h7,9-10,13,16,18,22H,4-6,8,11-12,14-15H2,1-3H3;7-9,12,15,17,21H,4-6,10-11,13-14H2,1-3H3/t;17?,21-/m.1/s1. The second kappa shape index (κ2) is 19.0. The van der Waals surface area contributed by atoms with Crippen LogP contribution in [0.2, 0.25) is 0 Å². The molecule has 0 saturated heterocycles. The Kier molecular flexibility index (Phi) is 13.7. The molecule has 2 aliphatic heterocycles. The molecule has 0 fully saturated rings. The van der Waals surface area contributed by atoms with Gasteiger partial charge >= 0.3 is 0 Å². The van der Waals surface area contributed by atoms with E-state index in [2.05, 4.69) is 34.1 Å². The van der Waals surface area contributed by atoms with E-state index in [0.29, 0.717) is 71.6 Å². The summed E-state index contributed by atoms with van der Waals surface area (Å²) in [6, 6.07) is 12.3. The highest BCUT2D eigenvalue weighted by atomic mass is 19.1. The molecule has 0 bridgehead atoms. The van der Waals surface area contributed by atoms with Gasteiger partial charge in [0.25, 0.3) is 0 Å². The minimum atomic E-state index is -0.442. The minimum absolute atomic E-state index is 0.0344. The second-order valence-corrected chi connectivity index (χ2v) is 16.6. The van der Waals surface area contributed by atoms with Crippen molar-refractivity contribution in [2.24, 2.45) is 11.8 Å². The molecule has 0 N–H and O–H groups in total. The summed E-state index contributed by atoms with van der Waals surface area (Å²) in [6.07, 6.45) is 11.1. The molecule has 2 amide bonds. The van der Waals surface area contributed by atoms with Gasteiger partial charge < -0.3 is 9.80 Å². The monoisotopic (exact) mass is 836 g/mol. The average molecular weight is 837 g/mol. The number of carbonyl (C=O) groups is 4. The summed E-state index contributed by atoms with van der Waals surface area (Å²) >= 11 is 0. The quantitative estimate of drug-likeness (QED) is 0.136. The summed E-state index contributed by atoms with van der Waals surface area (Å²) in [7, 11) is 0. The Bertz CT molecular complexity index is 2350. The molecule has 2 aliphatic carbocycles. The van der Waals surface area contributed by atoms with E-state index in [1.165, 1.54) is 0 Å². The number of halogens is 2. The first kappa shape index (κ1) is 44.1. The van der Waals surface area contributed by atoms with Crippen LogP contribution in [-0.4, -0.2) is 130 Å². The molecule has 4 aromatic rings. The van der Waals surface area contributed by atoms with E-state index in [0.717, 1.165) is 68.0 Å². The second-order valence-electron chi connectivity index (χ2n) is 16.6. The number of carbonyl (C=O) groups excluding carboxylic acids is 4. The first-order chi connectivity index (χ1) is 29.6. The van der Waals surface area contributed by atoms with E-state index in [9.17, 15) is 28.0 Å². The fourth-order valence-electron chi connectivity index (χ4n) is 10.3. The molecule has 4 aliphatic rings. The zero-order valence-electron chi connectivity index (χ0n) is 36.8. The molecule has 8 rings (SSSR count). The van der Waals surface area contributed by atoms with E-state index >= 15 is 0 Å². The molecule has 3 unspecified atom stereocenters. The van der Waals surface area contributed by atoms with Crippen molar-refractivity contribution in [1.82, 2.24) is 28.7 Å². The van der Waals surface area contributed by atoms with Crippen LogP contribution in [-0.2, 0) is 22.4 Å². The van der Waals surface area contributed by atoms with E-state index < -0.39 is 6.67 Å². The maximum Gasteiger partial charge on any atom is 0.230 e. The Balaban J connectivity index is 0.000000184. The van der Waals surface area contributed by atoms with Gasteiger partial charge in [-0.25, -0.2) is 4.39 Å². The zero-order chi connectivity index (χ0) is 43.5. The lowest BCUT2D eigenvalue weighted by atomic mass is 9.79. The third-order valence-corrected chi connectivity index (χ3v) is 13.4. The molecule has 10 nitrogen and oxygen atoms in total. The number of fused-ring (bicyclic) bond motifs is 4. The van der Waals surface area contributed by atoms with Gasteiger partial charge in [-0.2, -0.15) is 0 Å². The lowest BCUT2D eigenvalue weighted by molar-refractivity contribution is -0.135. The molecule has 2 aromatic carbocycles. The summed E-state index contributed by atoms with van der Waals surface area (Å²) in [6.45, 7) is 15.7. The number of alkyl halides is 2. The zero-order valence-corrected chi connectivity index (χ0v) is 36.8. The van der Waals surface area contributed by atoms with Crippen LogP contribution >= 0.6 is 0 Å². The highest BCUT2D eigenvalue weighted by molar-refractivity contribution is 6.04. The summed E-state index contributed by atoms with van der Waals surface area (Å²) < 4.78 is 30.0. The normalized spacial score (nSPS) is 20.6. The molecular weight excluding hydrogens is 775 g/mol. The molecular formula is C49H62F2N6O4. The van der Waals surface area contributed by atoms with Crippen LogP contribution in [0, 0.1) is 11.8 Å². The van der Waals surface area contributed by atoms with Crippen molar-refractivity contribution in [3.05, 3.63) is 83.2 Å². The number of amides is 2. The molecule has 0 saturated carbocycles. The number of hydrogen-bond acceptors (Lipinski definition) is 6. The van der Waals surface area contributed by atoms with Gasteiger partial charge in [0.2, 0.25) is 23.6 Å². The predicted octanol–water partition coefficient (Wildman–Crippen LogP) is 7.93. The molecule has 61 heavy (non-hydrogen) atoms. The molecule has 4 heterocycles. The van der Waals surface area contributed by atoms with E-state index in [4.69, 9.17) is 0 Å². The highest BCUT2D eigenvalue weighted by Crippen LogP contribution is 2.44. The number of rotatable bonds is 13. The van der Waals surface area contributed by atoms with Gasteiger partial charge in [0.05, 0.1) is 29.5 Å². The van der Waals surface area contributed by atoms with Gasteiger partial charge in [0.15, 0.2) is 0 Å². The van der Waals surface area contributed by atoms with Crippen LogP contribution in [0.25, 0.3) is 33.0 Å². The van der Waals surface area contributed by atoms with Crippen molar-refractivity contribution in [3.8, 4) is 0 Å². The summed E-state index contributed by atoms with van der Waals surface area (Å²) in [5, 5.41) is 2.21. The van der Waals surface area contributed by atoms with Crippen LogP contribution in [0.5, 0.6) is 0 Å². The third kappa shape index (κ3) is 8.13. The van der Waals surface area contributed by atoms with Gasteiger partial charge in [-0.3, -0.25) is 42.5 Å². The Hall–Kier alpha value is -4.94. The highest BCUT2D eigenvalue weighted by Gasteiger charge is 2.40. The average Bonchev–Trinajstić information content (AvgIpc) is 3.86. The van der Waals surface area contributed by atoms with Crippen LogP contribution in [0.1, 0.15) is 92.6 Å². The lowest BCUT2D eigenvalue weighted by Gasteiger charge is -2.42. The summed E-state index contributed by atoms with van der Waals surface area (Å²) in [5.41, 5.74) is 8.57. The van der Waals surface area contributed by atoms with Gasteiger partial charge in [-0.05, 0) is 92.5 Å². The Morgan fingerprint density at radius 2 is 1.03 bits per heavy atom. The fraction of sp³-hybridized carbons (Fsp3) is 0.510. The Morgan fingerprint density at radius 3 is 1.41 bits per heavy atom. The van der Waals surface area contributed by atoms with Gasteiger partial charge in [-0.1, -0.05) is 50.3 Å². The Labute approximate surface area is 358 Å². The maximum absolute atomic E-state index is 13.4. The van der Waals surface area contributed by atoms with Gasteiger partial charge in [0, 0.05) is 100 Å². The topological polar surface area (TPSA) is 91.1 Å². The molecule has 2 aromatic heterocycles. The van der Waals surface area contributed by atoms with Gasteiger partial charge in [-0.15, -0.1) is 0 Å². The van der Waals surface area contributed by atoms with Crippen molar-refractivity contribution >= 4 is 56.6 Å². The van der Waals surface area contributed by atoms with Crippen molar-refractivity contribution in [2.45, 2.75) is 85.7 Å². The summed E-state index contributed by atoms with van der Waals surface area (Å²) in [4.78, 5) is 59.5. The number of aromatic nitrogens is 2. The van der Waals surface area contributed by atoms with Crippen molar-refractivity contribution in [1.29, 1.82) is 0 Å². The van der Waals surface area contributed by atoms with Gasteiger partial charge in [0.1, 0.15) is 6.67 Å². The number of nitrogens with zero attached hydrogens (tertiary/aromatic N) is 6. The van der Waals surface area contributed by atoms with Crippen LogP contribution in [0.3, 0.4) is 0 Å². The molecule has 326 valence electrons. The molecule has 0 radical (unpaired) electrons.